The minimum absolute atomic E-state index is 0.199. The van der Waals surface area contributed by atoms with Crippen LogP contribution in [0, 0.1) is 5.92 Å². The van der Waals surface area contributed by atoms with Crippen LogP contribution in [0.15, 0.2) is 24.3 Å². The van der Waals surface area contributed by atoms with Crippen LogP contribution >= 0.6 is 12.2 Å². The maximum absolute atomic E-state index is 12.9. The zero-order chi connectivity index (χ0) is 14.0. The molecule has 0 saturated heterocycles. The van der Waals surface area contributed by atoms with Crippen LogP contribution in [0.25, 0.3) is 0 Å². The van der Waals surface area contributed by atoms with Gasteiger partial charge in [-0.25, -0.2) is 0 Å². The number of hydrogen-bond donors (Lipinski definition) is 1. The zero-order valence-corrected chi connectivity index (χ0v) is 11.1. The number of aryl methyl sites for hydroxylation is 1. The van der Waals surface area contributed by atoms with Crippen molar-refractivity contribution in [3.8, 4) is 0 Å². The fourth-order valence-electron chi connectivity index (χ4n) is 2.38. The Morgan fingerprint density at radius 3 is 2.68 bits per heavy atom. The number of fused-ring (bicyclic) bond motifs is 1. The first kappa shape index (κ1) is 14.1. The SMILES string of the molecule is NC(=S)C(CN1CCCc2ccccc21)C(F)(F)F. The summed E-state index contributed by atoms with van der Waals surface area (Å²) in [5.41, 5.74) is 7.19. The summed E-state index contributed by atoms with van der Waals surface area (Å²) in [6.07, 6.45) is -2.65. The van der Waals surface area contributed by atoms with Crippen LogP contribution in [0.4, 0.5) is 18.9 Å². The van der Waals surface area contributed by atoms with Crippen LogP contribution in [-0.4, -0.2) is 24.3 Å². The number of anilines is 1. The molecule has 1 aliphatic rings. The van der Waals surface area contributed by atoms with E-state index in [4.69, 9.17) is 5.73 Å². The molecule has 1 aromatic carbocycles. The summed E-state index contributed by atoms with van der Waals surface area (Å²) in [7, 11) is 0. The molecule has 0 radical (unpaired) electrons. The van der Waals surface area contributed by atoms with Crippen molar-refractivity contribution in [2.45, 2.75) is 19.0 Å². The number of rotatable bonds is 3. The standard InChI is InChI=1S/C13H15F3N2S/c14-13(15,16)10(12(17)19)8-18-7-3-5-9-4-1-2-6-11(9)18/h1-2,4,6,10H,3,5,7-8H2,(H2,17,19). The third-order valence-electron chi connectivity index (χ3n) is 3.35. The Morgan fingerprint density at radius 1 is 1.37 bits per heavy atom. The van der Waals surface area contributed by atoms with Gasteiger partial charge in [-0.1, -0.05) is 30.4 Å². The first-order valence-corrected chi connectivity index (χ1v) is 6.49. The number of nitrogens with two attached hydrogens (primary N) is 1. The van der Waals surface area contributed by atoms with E-state index in [1.54, 1.807) is 4.90 Å². The molecule has 0 fully saturated rings. The molecular weight excluding hydrogens is 273 g/mol. The predicted octanol–water partition coefficient (Wildman–Crippen LogP) is 2.90. The minimum Gasteiger partial charge on any atom is -0.393 e. The van der Waals surface area contributed by atoms with Gasteiger partial charge in [-0.05, 0) is 24.5 Å². The monoisotopic (exact) mass is 288 g/mol. The van der Waals surface area contributed by atoms with Crippen LogP contribution in [0.1, 0.15) is 12.0 Å². The number of halogens is 3. The molecule has 0 spiro atoms. The average Bonchev–Trinajstić information content (AvgIpc) is 2.34. The van der Waals surface area contributed by atoms with Crippen molar-refractivity contribution in [1.82, 2.24) is 0 Å². The third kappa shape index (κ3) is 3.18. The van der Waals surface area contributed by atoms with Gasteiger partial charge in [0, 0.05) is 18.8 Å². The van der Waals surface area contributed by atoms with Crippen molar-refractivity contribution in [3.63, 3.8) is 0 Å². The average molecular weight is 288 g/mol. The lowest BCUT2D eigenvalue weighted by atomic mass is 9.99. The molecule has 1 aromatic rings. The Hall–Kier alpha value is -1.30. The Bertz CT molecular complexity index is 473. The van der Waals surface area contributed by atoms with Gasteiger partial charge in [-0.3, -0.25) is 0 Å². The number of alkyl halides is 3. The second-order valence-electron chi connectivity index (χ2n) is 4.67. The second kappa shape index (κ2) is 5.36. The highest BCUT2D eigenvalue weighted by Gasteiger charge is 2.43. The Morgan fingerprint density at radius 2 is 2.05 bits per heavy atom. The molecule has 1 heterocycles. The number of nitrogens with zero attached hydrogens (tertiary/aromatic N) is 1. The zero-order valence-electron chi connectivity index (χ0n) is 10.3. The molecule has 0 aromatic heterocycles. The fraction of sp³-hybridized carbons (Fsp3) is 0.462. The lowest BCUT2D eigenvalue weighted by Gasteiger charge is -2.34. The maximum atomic E-state index is 12.9. The van der Waals surface area contributed by atoms with Crippen LogP contribution in [-0.2, 0) is 6.42 Å². The van der Waals surface area contributed by atoms with Gasteiger partial charge >= 0.3 is 6.18 Å². The van der Waals surface area contributed by atoms with E-state index >= 15 is 0 Å². The smallest absolute Gasteiger partial charge is 0.393 e. The quantitative estimate of drug-likeness (QED) is 0.867. The third-order valence-corrected chi connectivity index (χ3v) is 3.63. The van der Waals surface area contributed by atoms with Crippen LogP contribution < -0.4 is 10.6 Å². The van der Waals surface area contributed by atoms with Gasteiger partial charge in [0.25, 0.3) is 0 Å². The van der Waals surface area contributed by atoms with Gasteiger partial charge in [-0.15, -0.1) is 0 Å². The summed E-state index contributed by atoms with van der Waals surface area (Å²) in [6.45, 7) is 0.405. The highest BCUT2D eigenvalue weighted by Crippen LogP contribution is 2.32. The molecule has 1 aliphatic heterocycles. The molecule has 2 rings (SSSR count). The summed E-state index contributed by atoms with van der Waals surface area (Å²) < 4.78 is 38.7. The van der Waals surface area contributed by atoms with Gasteiger partial charge < -0.3 is 10.6 Å². The van der Waals surface area contributed by atoms with Gasteiger partial charge in [0.2, 0.25) is 0 Å². The molecule has 2 N–H and O–H groups in total. The summed E-state index contributed by atoms with van der Waals surface area (Å²) in [6, 6.07) is 7.53. The number of benzene rings is 1. The van der Waals surface area contributed by atoms with Gasteiger partial charge in [0.1, 0.15) is 5.92 Å². The normalized spacial score (nSPS) is 16.9. The van der Waals surface area contributed by atoms with E-state index in [-0.39, 0.29) is 6.54 Å². The first-order chi connectivity index (χ1) is 8.89. The fourth-order valence-corrected chi connectivity index (χ4v) is 2.58. The minimum atomic E-state index is -4.39. The number of hydrogen-bond acceptors (Lipinski definition) is 2. The highest BCUT2D eigenvalue weighted by atomic mass is 32.1. The van der Waals surface area contributed by atoms with Crippen molar-refractivity contribution >= 4 is 22.9 Å². The summed E-state index contributed by atoms with van der Waals surface area (Å²) in [5, 5.41) is 0. The van der Waals surface area contributed by atoms with E-state index in [1.807, 2.05) is 24.3 Å². The lowest BCUT2D eigenvalue weighted by Crippen LogP contribution is -2.45. The van der Waals surface area contributed by atoms with Crippen molar-refractivity contribution < 1.29 is 13.2 Å². The summed E-state index contributed by atoms with van der Waals surface area (Å²) >= 11 is 4.56. The number of para-hydroxylation sites is 1. The van der Waals surface area contributed by atoms with Crippen LogP contribution in [0.5, 0.6) is 0 Å². The van der Waals surface area contributed by atoms with E-state index in [1.165, 1.54) is 0 Å². The molecule has 104 valence electrons. The first-order valence-electron chi connectivity index (χ1n) is 6.08. The van der Waals surface area contributed by atoms with Gasteiger partial charge in [-0.2, -0.15) is 13.2 Å². The Kier molecular flexibility index (Phi) is 3.99. The number of thiocarbonyl (C=S) groups is 1. The van der Waals surface area contributed by atoms with E-state index in [9.17, 15) is 13.2 Å². The predicted molar refractivity (Wildman–Crippen MR) is 73.3 cm³/mol. The van der Waals surface area contributed by atoms with E-state index in [2.05, 4.69) is 12.2 Å². The molecule has 0 bridgehead atoms. The second-order valence-corrected chi connectivity index (χ2v) is 5.15. The Labute approximate surface area is 115 Å². The van der Waals surface area contributed by atoms with Crippen molar-refractivity contribution in [1.29, 1.82) is 0 Å². The molecule has 0 saturated carbocycles. The molecule has 19 heavy (non-hydrogen) atoms. The molecule has 1 unspecified atom stereocenters. The lowest BCUT2D eigenvalue weighted by molar-refractivity contribution is -0.152. The molecule has 0 aliphatic carbocycles. The molecule has 0 amide bonds. The van der Waals surface area contributed by atoms with E-state index < -0.39 is 17.1 Å². The van der Waals surface area contributed by atoms with Gasteiger partial charge in [0.05, 0.1) is 4.99 Å². The molecular formula is C13H15F3N2S. The largest absolute Gasteiger partial charge is 0.399 e. The summed E-state index contributed by atoms with van der Waals surface area (Å²) in [5.74, 6) is -1.76. The molecule has 1 atom stereocenters. The van der Waals surface area contributed by atoms with Crippen molar-refractivity contribution in [2.75, 3.05) is 18.0 Å². The van der Waals surface area contributed by atoms with E-state index in [0.29, 0.717) is 6.54 Å². The van der Waals surface area contributed by atoms with E-state index in [0.717, 1.165) is 24.1 Å². The van der Waals surface area contributed by atoms with Gasteiger partial charge in [0.15, 0.2) is 0 Å². The maximum Gasteiger partial charge on any atom is 0.399 e. The molecule has 2 nitrogen and oxygen atoms in total. The Balaban J connectivity index is 2.22. The highest BCUT2D eigenvalue weighted by molar-refractivity contribution is 7.80. The van der Waals surface area contributed by atoms with Crippen LogP contribution in [0.2, 0.25) is 0 Å². The van der Waals surface area contributed by atoms with Crippen LogP contribution in [0.3, 0.4) is 0 Å². The summed E-state index contributed by atoms with van der Waals surface area (Å²) in [4.78, 5) is 1.24. The van der Waals surface area contributed by atoms with Crippen molar-refractivity contribution in [2.24, 2.45) is 11.7 Å². The topological polar surface area (TPSA) is 29.3 Å². The van der Waals surface area contributed by atoms with Crippen molar-refractivity contribution in [3.05, 3.63) is 29.8 Å². The molecule has 6 heteroatoms.